The fraction of sp³-hybridized carbons (Fsp3) is 0.143. The van der Waals surface area contributed by atoms with Crippen molar-refractivity contribution in [1.82, 2.24) is 0 Å². The summed E-state index contributed by atoms with van der Waals surface area (Å²) in [6.45, 7) is 2.00. The highest BCUT2D eigenvalue weighted by molar-refractivity contribution is 5.88. The first-order valence-electron chi connectivity index (χ1n) is 5.63. The molecule has 0 aliphatic carbocycles. The van der Waals surface area contributed by atoms with Crippen molar-refractivity contribution >= 4 is 5.97 Å². The van der Waals surface area contributed by atoms with E-state index >= 15 is 0 Å². The molecular formula is C14H13NO3. The van der Waals surface area contributed by atoms with Gasteiger partial charge in [-0.05, 0) is 19.1 Å². The summed E-state index contributed by atoms with van der Waals surface area (Å²) >= 11 is 0. The number of carbonyl (C=O) groups is 1. The Morgan fingerprint density at radius 2 is 1.94 bits per heavy atom. The van der Waals surface area contributed by atoms with Crippen molar-refractivity contribution < 1.29 is 13.9 Å². The first kappa shape index (κ1) is 12.1. The Kier molecular flexibility index (Phi) is 3.57. The van der Waals surface area contributed by atoms with Crippen molar-refractivity contribution in [2.45, 2.75) is 6.92 Å². The molecule has 92 valence electrons. The van der Waals surface area contributed by atoms with Gasteiger partial charge < -0.3 is 9.15 Å². The lowest BCUT2D eigenvalue weighted by Crippen LogP contribution is -2.16. The van der Waals surface area contributed by atoms with Crippen LogP contribution in [0.15, 0.2) is 46.9 Å². The van der Waals surface area contributed by atoms with Gasteiger partial charge in [0.05, 0.1) is 6.61 Å². The zero-order valence-electron chi connectivity index (χ0n) is 9.97. The molecule has 0 fully saturated rings. The Morgan fingerprint density at radius 3 is 2.56 bits per heavy atom. The third kappa shape index (κ3) is 2.48. The number of benzene rings is 1. The summed E-state index contributed by atoms with van der Waals surface area (Å²) < 4.78 is 10.2. The third-order valence-electron chi connectivity index (χ3n) is 2.41. The van der Waals surface area contributed by atoms with Gasteiger partial charge >= 0.3 is 5.97 Å². The van der Waals surface area contributed by atoms with Crippen molar-refractivity contribution in [3.05, 3.63) is 53.6 Å². The average Bonchev–Trinajstić information content (AvgIpc) is 2.40. The predicted molar refractivity (Wildman–Crippen MR) is 66.0 cm³/mol. The lowest BCUT2D eigenvalue weighted by Gasteiger charge is -2.03. The van der Waals surface area contributed by atoms with Gasteiger partial charge in [-0.2, -0.15) is 0 Å². The third-order valence-corrected chi connectivity index (χ3v) is 2.41. The highest BCUT2D eigenvalue weighted by Gasteiger charge is 2.11. The van der Waals surface area contributed by atoms with Crippen LogP contribution in [0.5, 0.6) is 0 Å². The molecule has 0 aliphatic heterocycles. The molecule has 0 bridgehead atoms. The Balaban J connectivity index is 2.37. The van der Waals surface area contributed by atoms with E-state index < -0.39 is 5.97 Å². The van der Waals surface area contributed by atoms with Crippen molar-refractivity contribution in [1.29, 1.82) is 5.41 Å². The second-order valence-electron chi connectivity index (χ2n) is 3.63. The number of nitrogens with one attached hydrogen (secondary N) is 1. The van der Waals surface area contributed by atoms with Crippen LogP contribution in [-0.2, 0) is 4.74 Å². The van der Waals surface area contributed by atoms with Crippen LogP contribution < -0.4 is 5.55 Å². The van der Waals surface area contributed by atoms with E-state index in [9.17, 15) is 4.79 Å². The molecule has 1 heterocycles. The normalized spacial score (nSPS) is 10.1. The minimum atomic E-state index is -0.536. The SMILES string of the molecule is CCOC(=O)c1ccc(-c2ccccc2)oc1=N. The van der Waals surface area contributed by atoms with Crippen molar-refractivity contribution in [3.63, 3.8) is 0 Å². The fourth-order valence-electron chi connectivity index (χ4n) is 1.56. The lowest BCUT2D eigenvalue weighted by atomic mass is 10.1. The zero-order valence-corrected chi connectivity index (χ0v) is 9.97. The van der Waals surface area contributed by atoms with Crippen LogP contribution in [-0.4, -0.2) is 12.6 Å². The maximum Gasteiger partial charge on any atom is 0.343 e. The summed E-state index contributed by atoms with van der Waals surface area (Å²) in [5, 5.41) is 7.70. The number of hydrogen-bond acceptors (Lipinski definition) is 4. The molecule has 4 nitrogen and oxygen atoms in total. The topological polar surface area (TPSA) is 63.3 Å². The first-order chi connectivity index (χ1) is 8.72. The van der Waals surface area contributed by atoms with E-state index in [1.807, 2.05) is 30.3 Å². The molecule has 1 aromatic heterocycles. The summed E-state index contributed by atoms with van der Waals surface area (Å²) in [6.07, 6.45) is 0. The summed E-state index contributed by atoms with van der Waals surface area (Å²) in [7, 11) is 0. The van der Waals surface area contributed by atoms with E-state index in [0.717, 1.165) is 5.56 Å². The molecule has 0 aliphatic rings. The molecule has 0 amide bonds. The number of hydrogen-bond donors (Lipinski definition) is 1. The molecule has 4 heteroatoms. The van der Waals surface area contributed by atoms with Gasteiger partial charge in [-0.1, -0.05) is 30.3 Å². The smallest absolute Gasteiger partial charge is 0.343 e. The van der Waals surface area contributed by atoms with Gasteiger partial charge in [0, 0.05) is 5.56 Å². The quantitative estimate of drug-likeness (QED) is 0.843. The highest BCUT2D eigenvalue weighted by atomic mass is 16.5. The van der Waals surface area contributed by atoms with Gasteiger partial charge in [0.15, 0.2) is 0 Å². The minimum absolute atomic E-state index is 0.136. The second kappa shape index (κ2) is 5.31. The Labute approximate surface area is 104 Å². The van der Waals surface area contributed by atoms with Crippen molar-refractivity contribution in [3.8, 4) is 11.3 Å². The van der Waals surface area contributed by atoms with Gasteiger partial charge in [0.1, 0.15) is 11.3 Å². The maximum absolute atomic E-state index is 11.5. The van der Waals surface area contributed by atoms with Crippen LogP contribution in [0.3, 0.4) is 0 Å². The van der Waals surface area contributed by atoms with Crippen LogP contribution in [0.2, 0.25) is 0 Å². The number of ether oxygens (including phenoxy) is 1. The molecule has 0 unspecified atom stereocenters. The standard InChI is InChI=1S/C14H13NO3/c1-2-17-14(16)11-8-9-12(18-13(11)15)10-6-4-3-5-7-10/h3-9,15H,2H2,1H3. The van der Waals surface area contributed by atoms with E-state index in [-0.39, 0.29) is 17.7 Å². The van der Waals surface area contributed by atoms with Crippen LogP contribution in [0.1, 0.15) is 17.3 Å². The van der Waals surface area contributed by atoms with Crippen molar-refractivity contribution in [2.24, 2.45) is 0 Å². The molecule has 18 heavy (non-hydrogen) atoms. The molecule has 0 saturated carbocycles. The molecule has 2 rings (SSSR count). The van der Waals surface area contributed by atoms with Gasteiger partial charge in [-0.15, -0.1) is 0 Å². The van der Waals surface area contributed by atoms with Crippen LogP contribution in [0.4, 0.5) is 0 Å². The zero-order chi connectivity index (χ0) is 13.0. The minimum Gasteiger partial charge on any atom is -0.462 e. The summed E-state index contributed by atoms with van der Waals surface area (Å²) in [6, 6.07) is 12.6. The number of carbonyl (C=O) groups excluding carboxylic acids is 1. The van der Waals surface area contributed by atoms with Gasteiger partial charge in [0.25, 0.3) is 0 Å². The van der Waals surface area contributed by atoms with E-state index in [0.29, 0.717) is 5.76 Å². The monoisotopic (exact) mass is 243 g/mol. The summed E-state index contributed by atoms with van der Waals surface area (Å²) in [5.41, 5.74) is 0.813. The first-order valence-corrected chi connectivity index (χ1v) is 5.63. The van der Waals surface area contributed by atoms with E-state index in [2.05, 4.69) is 0 Å². The van der Waals surface area contributed by atoms with Gasteiger partial charge in [0.2, 0.25) is 5.55 Å². The van der Waals surface area contributed by atoms with E-state index in [1.54, 1.807) is 19.1 Å². The molecule has 1 aromatic carbocycles. The van der Waals surface area contributed by atoms with Gasteiger partial charge in [-0.25, -0.2) is 4.79 Å². The van der Waals surface area contributed by atoms with Gasteiger partial charge in [-0.3, -0.25) is 5.41 Å². The Morgan fingerprint density at radius 1 is 1.22 bits per heavy atom. The summed E-state index contributed by atoms with van der Waals surface area (Å²) in [5.74, 6) is 0.0134. The number of esters is 1. The lowest BCUT2D eigenvalue weighted by molar-refractivity contribution is 0.0520. The van der Waals surface area contributed by atoms with E-state index in [1.165, 1.54) is 0 Å². The second-order valence-corrected chi connectivity index (χ2v) is 3.63. The van der Waals surface area contributed by atoms with Crippen LogP contribution in [0, 0.1) is 5.41 Å². The molecule has 2 aromatic rings. The largest absolute Gasteiger partial charge is 0.462 e. The Bertz CT molecular complexity index is 602. The molecule has 0 atom stereocenters. The Hall–Kier alpha value is -2.36. The molecular weight excluding hydrogens is 230 g/mol. The molecule has 1 N–H and O–H groups in total. The van der Waals surface area contributed by atoms with Crippen LogP contribution in [0.25, 0.3) is 11.3 Å². The number of rotatable bonds is 3. The molecule has 0 radical (unpaired) electrons. The van der Waals surface area contributed by atoms with Crippen molar-refractivity contribution in [2.75, 3.05) is 6.61 Å². The highest BCUT2D eigenvalue weighted by Crippen LogP contribution is 2.17. The van der Waals surface area contributed by atoms with Crippen LogP contribution >= 0.6 is 0 Å². The molecule has 0 saturated heterocycles. The average molecular weight is 243 g/mol. The van der Waals surface area contributed by atoms with E-state index in [4.69, 9.17) is 14.6 Å². The molecule has 0 spiro atoms. The predicted octanol–water partition coefficient (Wildman–Crippen LogP) is 2.60. The maximum atomic E-state index is 11.5. The fourth-order valence-corrected chi connectivity index (χ4v) is 1.56. The summed E-state index contributed by atoms with van der Waals surface area (Å²) in [4.78, 5) is 11.5.